The van der Waals surface area contributed by atoms with Crippen LogP contribution in [0.15, 0.2) is 24.5 Å². The van der Waals surface area contributed by atoms with Crippen molar-refractivity contribution < 1.29 is 9.59 Å². The van der Waals surface area contributed by atoms with Crippen molar-refractivity contribution in [3.63, 3.8) is 0 Å². The van der Waals surface area contributed by atoms with E-state index in [0.717, 1.165) is 5.56 Å². The van der Waals surface area contributed by atoms with E-state index in [0.29, 0.717) is 6.54 Å². The van der Waals surface area contributed by atoms with Gasteiger partial charge in [-0.05, 0) is 24.6 Å². The lowest BCUT2D eigenvalue weighted by Gasteiger charge is -2.12. The normalized spacial score (nSPS) is 11.8. The monoisotopic (exact) mass is 222 g/mol. The average Bonchev–Trinajstić information content (AvgIpc) is 2.26. The van der Waals surface area contributed by atoms with E-state index in [2.05, 4.69) is 10.3 Å². The first-order valence-corrected chi connectivity index (χ1v) is 4.82. The number of amides is 3. The summed E-state index contributed by atoms with van der Waals surface area (Å²) in [5.41, 5.74) is 5.84. The number of carbonyl (C=O) groups is 2. The molecule has 1 aromatic rings. The van der Waals surface area contributed by atoms with Crippen LogP contribution in [0.5, 0.6) is 0 Å². The molecule has 0 spiro atoms. The van der Waals surface area contributed by atoms with Crippen LogP contribution in [0.4, 0.5) is 4.79 Å². The van der Waals surface area contributed by atoms with E-state index in [9.17, 15) is 9.59 Å². The molecule has 0 saturated heterocycles. The van der Waals surface area contributed by atoms with E-state index >= 15 is 0 Å². The first-order chi connectivity index (χ1) is 7.59. The second-order valence-electron chi connectivity index (χ2n) is 3.31. The van der Waals surface area contributed by atoms with Gasteiger partial charge in [0.25, 0.3) is 0 Å². The van der Waals surface area contributed by atoms with Crippen LogP contribution in [0.1, 0.15) is 12.5 Å². The molecule has 0 aliphatic carbocycles. The van der Waals surface area contributed by atoms with Gasteiger partial charge < -0.3 is 11.1 Å². The second-order valence-corrected chi connectivity index (χ2v) is 3.31. The summed E-state index contributed by atoms with van der Waals surface area (Å²) in [6.07, 6.45) is 3.34. The maximum Gasteiger partial charge on any atom is 0.318 e. The Morgan fingerprint density at radius 1 is 1.44 bits per heavy atom. The molecule has 1 heterocycles. The summed E-state index contributed by atoms with van der Waals surface area (Å²) in [5.74, 6) is -0.443. The SMILES string of the molecule is CC(NCc1ccncc1)C(=O)NC(N)=O. The second kappa shape index (κ2) is 5.82. The maximum atomic E-state index is 11.3. The fourth-order valence-electron chi connectivity index (χ4n) is 1.09. The van der Waals surface area contributed by atoms with Gasteiger partial charge >= 0.3 is 6.03 Å². The third-order valence-electron chi connectivity index (χ3n) is 2.00. The Morgan fingerprint density at radius 2 is 2.06 bits per heavy atom. The average molecular weight is 222 g/mol. The molecule has 86 valence electrons. The molecular formula is C10H14N4O2. The van der Waals surface area contributed by atoms with Crippen LogP contribution in [0.25, 0.3) is 0 Å². The van der Waals surface area contributed by atoms with Gasteiger partial charge in [-0.2, -0.15) is 0 Å². The summed E-state index contributed by atoms with van der Waals surface area (Å²) in [4.78, 5) is 25.6. The zero-order valence-corrected chi connectivity index (χ0v) is 8.93. The number of nitrogens with two attached hydrogens (primary N) is 1. The standard InChI is InChI=1S/C10H14N4O2/c1-7(9(15)14-10(11)16)13-6-8-2-4-12-5-3-8/h2-5,7,13H,6H2,1H3,(H3,11,14,15,16). The molecule has 0 radical (unpaired) electrons. The van der Waals surface area contributed by atoms with Crippen molar-refractivity contribution in [3.8, 4) is 0 Å². The summed E-state index contributed by atoms with van der Waals surface area (Å²) in [7, 11) is 0. The number of pyridine rings is 1. The Labute approximate surface area is 93.2 Å². The Kier molecular flexibility index (Phi) is 4.41. The summed E-state index contributed by atoms with van der Waals surface area (Å²) < 4.78 is 0. The third kappa shape index (κ3) is 4.05. The first-order valence-electron chi connectivity index (χ1n) is 4.82. The van der Waals surface area contributed by atoms with Crippen LogP contribution in [0.3, 0.4) is 0 Å². The molecule has 4 N–H and O–H groups in total. The van der Waals surface area contributed by atoms with Crippen LogP contribution in [0, 0.1) is 0 Å². The molecule has 0 aliphatic heterocycles. The molecule has 1 rings (SSSR count). The smallest absolute Gasteiger partial charge is 0.318 e. The molecule has 0 aliphatic rings. The van der Waals surface area contributed by atoms with Gasteiger partial charge in [-0.3, -0.25) is 15.1 Å². The largest absolute Gasteiger partial charge is 0.351 e. The number of imide groups is 1. The van der Waals surface area contributed by atoms with E-state index in [-0.39, 0.29) is 0 Å². The van der Waals surface area contributed by atoms with Gasteiger partial charge in [0.05, 0.1) is 6.04 Å². The fraction of sp³-hybridized carbons (Fsp3) is 0.300. The summed E-state index contributed by atoms with van der Waals surface area (Å²) in [5, 5.41) is 4.96. The minimum absolute atomic E-state index is 0.443. The number of primary amides is 1. The number of carbonyl (C=O) groups excluding carboxylic acids is 2. The molecule has 6 nitrogen and oxygen atoms in total. The highest BCUT2D eigenvalue weighted by molar-refractivity contribution is 5.96. The molecule has 1 atom stereocenters. The predicted molar refractivity (Wildman–Crippen MR) is 58.3 cm³/mol. The highest BCUT2D eigenvalue weighted by Gasteiger charge is 2.13. The minimum Gasteiger partial charge on any atom is -0.351 e. The van der Waals surface area contributed by atoms with Crippen molar-refractivity contribution >= 4 is 11.9 Å². The van der Waals surface area contributed by atoms with Crippen molar-refractivity contribution in [1.82, 2.24) is 15.6 Å². The van der Waals surface area contributed by atoms with E-state index in [1.54, 1.807) is 19.3 Å². The Hall–Kier alpha value is -1.95. The Morgan fingerprint density at radius 3 is 2.62 bits per heavy atom. The molecule has 0 aromatic carbocycles. The number of aromatic nitrogens is 1. The van der Waals surface area contributed by atoms with Gasteiger partial charge in [-0.25, -0.2) is 4.79 Å². The zero-order chi connectivity index (χ0) is 12.0. The van der Waals surface area contributed by atoms with Gasteiger partial charge in [-0.1, -0.05) is 0 Å². The summed E-state index contributed by atoms with van der Waals surface area (Å²) in [6, 6.07) is 2.35. The number of hydrogen-bond donors (Lipinski definition) is 3. The van der Waals surface area contributed by atoms with Crippen LogP contribution in [-0.4, -0.2) is 23.0 Å². The molecule has 1 unspecified atom stereocenters. The van der Waals surface area contributed by atoms with Crippen LogP contribution < -0.4 is 16.4 Å². The van der Waals surface area contributed by atoms with Crippen LogP contribution in [0.2, 0.25) is 0 Å². The quantitative estimate of drug-likeness (QED) is 0.654. The lowest BCUT2D eigenvalue weighted by molar-refractivity contribution is -0.121. The molecule has 3 amide bonds. The molecule has 1 aromatic heterocycles. The molecule has 16 heavy (non-hydrogen) atoms. The van der Waals surface area contributed by atoms with Crippen molar-refractivity contribution in [2.75, 3.05) is 0 Å². The van der Waals surface area contributed by atoms with Crippen LogP contribution >= 0.6 is 0 Å². The number of rotatable bonds is 4. The molecule has 0 saturated carbocycles. The fourth-order valence-corrected chi connectivity index (χ4v) is 1.09. The highest BCUT2D eigenvalue weighted by Crippen LogP contribution is 1.96. The number of nitrogens with zero attached hydrogens (tertiary/aromatic N) is 1. The van der Waals surface area contributed by atoms with Gasteiger partial charge in [-0.15, -0.1) is 0 Å². The van der Waals surface area contributed by atoms with Crippen molar-refractivity contribution in [2.45, 2.75) is 19.5 Å². The zero-order valence-electron chi connectivity index (χ0n) is 8.93. The van der Waals surface area contributed by atoms with Gasteiger partial charge in [0.1, 0.15) is 0 Å². The highest BCUT2D eigenvalue weighted by atomic mass is 16.2. The lowest BCUT2D eigenvalue weighted by atomic mass is 10.2. The first kappa shape index (κ1) is 12.1. The molecule has 6 heteroatoms. The Balaban J connectivity index is 2.38. The summed E-state index contributed by atoms with van der Waals surface area (Å²) in [6.45, 7) is 2.18. The van der Waals surface area contributed by atoms with Gasteiger partial charge in [0.15, 0.2) is 0 Å². The van der Waals surface area contributed by atoms with E-state index in [4.69, 9.17) is 5.73 Å². The van der Waals surface area contributed by atoms with Crippen molar-refractivity contribution in [1.29, 1.82) is 0 Å². The maximum absolute atomic E-state index is 11.3. The minimum atomic E-state index is -0.845. The molecular weight excluding hydrogens is 208 g/mol. The van der Waals surface area contributed by atoms with Crippen LogP contribution in [-0.2, 0) is 11.3 Å². The number of nitrogens with one attached hydrogen (secondary N) is 2. The van der Waals surface area contributed by atoms with E-state index in [1.165, 1.54) is 0 Å². The molecule has 0 bridgehead atoms. The van der Waals surface area contributed by atoms with E-state index < -0.39 is 18.0 Å². The topological polar surface area (TPSA) is 97.1 Å². The number of hydrogen-bond acceptors (Lipinski definition) is 4. The predicted octanol–water partition coefficient (Wildman–Crippen LogP) is -0.245. The van der Waals surface area contributed by atoms with Gasteiger partial charge in [0.2, 0.25) is 5.91 Å². The lowest BCUT2D eigenvalue weighted by Crippen LogP contribution is -2.46. The Bertz CT molecular complexity index is 366. The van der Waals surface area contributed by atoms with Crippen molar-refractivity contribution in [3.05, 3.63) is 30.1 Å². The summed E-state index contributed by atoms with van der Waals surface area (Å²) >= 11 is 0. The number of urea groups is 1. The third-order valence-corrected chi connectivity index (χ3v) is 2.00. The van der Waals surface area contributed by atoms with E-state index in [1.807, 2.05) is 17.4 Å². The van der Waals surface area contributed by atoms with Gasteiger partial charge in [0, 0.05) is 18.9 Å². The van der Waals surface area contributed by atoms with Crippen molar-refractivity contribution in [2.24, 2.45) is 5.73 Å². The molecule has 0 fully saturated rings.